The number of aliphatic hydroxyl groups is 1. The molecule has 2 N–H and O–H groups in total. The van der Waals surface area contributed by atoms with Gasteiger partial charge in [0.15, 0.2) is 6.10 Å². The molecule has 1 atom stereocenters. The molecule has 0 aliphatic carbocycles. The molecule has 0 fully saturated rings. The van der Waals surface area contributed by atoms with E-state index >= 15 is 0 Å². The molecule has 3 nitrogen and oxygen atoms in total. The van der Waals surface area contributed by atoms with E-state index in [-0.39, 0.29) is 6.42 Å². The number of carboxylic acid groups (broad SMARTS) is 1. The van der Waals surface area contributed by atoms with Gasteiger partial charge in [-0.3, -0.25) is 0 Å². The number of rotatable bonds is 3. The molecule has 0 aromatic heterocycles. The van der Waals surface area contributed by atoms with E-state index in [1.165, 1.54) is 0 Å². The molecule has 0 bridgehead atoms. The first-order valence-electron chi connectivity index (χ1n) is 4.16. The third-order valence-electron chi connectivity index (χ3n) is 2.00. The Labute approximate surface area is 90.5 Å². The molecule has 0 aliphatic heterocycles. The molecular weight excluding hydrogens is 248 g/mol. The number of halogens is 1. The highest BCUT2D eigenvalue weighted by Crippen LogP contribution is 2.17. The van der Waals surface area contributed by atoms with Crippen molar-refractivity contribution in [1.29, 1.82) is 0 Å². The molecule has 0 saturated heterocycles. The Morgan fingerprint density at radius 2 is 2.21 bits per heavy atom. The van der Waals surface area contributed by atoms with Crippen LogP contribution in [-0.4, -0.2) is 22.3 Å². The van der Waals surface area contributed by atoms with Crippen molar-refractivity contribution >= 4 is 21.9 Å². The topological polar surface area (TPSA) is 57.5 Å². The second kappa shape index (κ2) is 4.57. The van der Waals surface area contributed by atoms with Crippen molar-refractivity contribution in [2.24, 2.45) is 0 Å². The molecule has 0 saturated carbocycles. The van der Waals surface area contributed by atoms with Gasteiger partial charge in [0.05, 0.1) is 0 Å². The van der Waals surface area contributed by atoms with E-state index in [4.69, 9.17) is 10.2 Å². The van der Waals surface area contributed by atoms with E-state index in [0.29, 0.717) is 0 Å². The van der Waals surface area contributed by atoms with Crippen molar-refractivity contribution in [3.05, 3.63) is 33.8 Å². The minimum Gasteiger partial charge on any atom is -0.479 e. The second-order valence-electron chi connectivity index (χ2n) is 3.13. The molecule has 1 unspecified atom stereocenters. The van der Waals surface area contributed by atoms with Gasteiger partial charge in [0.2, 0.25) is 0 Å². The van der Waals surface area contributed by atoms with E-state index in [0.717, 1.165) is 15.6 Å². The van der Waals surface area contributed by atoms with Gasteiger partial charge in [-0.1, -0.05) is 22.0 Å². The predicted octanol–water partition coefficient (Wildman–Crippen LogP) is 1.75. The van der Waals surface area contributed by atoms with Gasteiger partial charge in [-0.05, 0) is 30.2 Å². The number of carboxylic acids is 1. The molecule has 14 heavy (non-hydrogen) atoms. The summed E-state index contributed by atoms with van der Waals surface area (Å²) in [4.78, 5) is 10.4. The summed E-state index contributed by atoms with van der Waals surface area (Å²) >= 11 is 3.31. The first kappa shape index (κ1) is 11.2. The van der Waals surface area contributed by atoms with Crippen molar-refractivity contribution < 1.29 is 15.0 Å². The van der Waals surface area contributed by atoms with Gasteiger partial charge in [-0.25, -0.2) is 4.79 Å². The van der Waals surface area contributed by atoms with Crippen LogP contribution in [0.25, 0.3) is 0 Å². The summed E-state index contributed by atoms with van der Waals surface area (Å²) in [5.41, 5.74) is 1.82. The number of hydrogen-bond donors (Lipinski definition) is 2. The van der Waals surface area contributed by atoms with Crippen molar-refractivity contribution in [3.63, 3.8) is 0 Å². The Hall–Kier alpha value is -0.870. The van der Waals surface area contributed by atoms with Crippen LogP contribution in [0.15, 0.2) is 22.7 Å². The molecular formula is C10H11BrO3. The highest BCUT2D eigenvalue weighted by molar-refractivity contribution is 9.10. The Morgan fingerprint density at radius 1 is 1.57 bits per heavy atom. The highest BCUT2D eigenvalue weighted by atomic mass is 79.9. The molecule has 1 aromatic carbocycles. The van der Waals surface area contributed by atoms with E-state index in [9.17, 15) is 4.79 Å². The van der Waals surface area contributed by atoms with Crippen molar-refractivity contribution in [2.75, 3.05) is 0 Å². The fourth-order valence-electron chi connectivity index (χ4n) is 1.18. The number of aryl methyl sites for hydroxylation is 1. The number of benzene rings is 1. The van der Waals surface area contributed by atoms with Crippen LogP contribution in [0, 0.1) is 6.92 Å². The lowest BCUT2D eigenvalue weighted by Gasteiger charge is -2.08. The van der Waals surface area contributed by atoms with Gasteiger partial charge < -0.3 is 10.2 Å². The van der Waals surface area contributed by atoms with Crippen LogP contribution in [0.1, 0.15) is 11.1 Å². The summed E-state index contributed by atoms with van der Waals surface area (Å²) in [6, 6.07) is 5.53. The average molecular weight is 259 g/mol. The van der Waals surface area contributed by atoms with Gasteiger partial charge in [-0.2, -0.15) is 0 Å². The molecule has 0 radical (unpaired) electrons. The third kappa shape index (κ3) is 2.82. The van der Waals surface area contributed by atoms with E-state index < -0.39 is 12.1 Å². The normalized spacial score (nSPS) is 12.5. The highest BCUT2D eigenvalue weighted by Gasteiger charge is 2.14. The monoisotopic (exact) mass is 258 g/mol. The summed E-state index contributed by atoms with van der Waals surface area (Å²) in [5.74, 6) is -1.19. The molecule has 0 heterocycles. The smallest absolute Gasteiger partial charge is 0.332 e. The molecule has 76 valence electrons. The Kier molecular flexibility index (Phi) is 3.66. The van der Waals surface area contributed by atoms with Gasteiger partial charge in [-0.15, -0.1) is 0 Å². The maximum absolute atomic E-state index is 10.4. The Morgan fingerprint density at radius 3 is 2.71 bits per heavy atom. The third-order valence-corrected chi connectivity index (χ3v) is 2.50. The predicted molar refractivity (Wildman–Crippen MR) is 56.2 cm³/mol. The number of aliphatic hydroxyl groups excluding tert-OH is 1. The van der Waals surface area contributed by atoms with Gasteiger partial charge in [0, 0.05) is 10.9 Å². The molecule has 1 rings (SSSR count). The molecule has 0 spiro atoms. The largest absolute Gasteiger partial charge is 0.479 e. The van der Waals surface area contributed by atoms with Gasteiger partial charge in [0.25, 0.3) is 0 Å². The van der Waals surface area contributed by atoms with Crippen LogP contribution < -0.4 is 0 Å². The molecule has 1 aromatic rings. The number of carbonyl (C=O) groups is 1. The first-order chi connectivity index (χ1) is 6.50. The maximum atomic E-state index is 10.4. The van der Waals surface area contributed by atoms with Crippen LogP contribution in [0.5, 0.6) is 0 Å². The minimum atomic E-state index is -1.32. The standard InChI is InChI=1S/C10H11BrO3/c1-6-4-8(11)3-2-7(6)5-9(12)10(13)14/h2-4,9,12H,5H2,1H3,(H,13,14). The lowest BCUT2D eigenvalue weighted by Crippen LogP contribution is -2.22. The van der Waals surface area contributed by atoms with E-state index in [2.05, 4.69) is 15.9 Å². The SMILES string of the molecule is Cc1cc(Br)ccc1CC(O)C(=O)O. The zero-order valence-corrected chi connectivity index (χ0v) is 9.28. The van der Waals surface area contributed by atoms with Crippen LogP contribution in [-0.2, 0) is 11.2 Å². The zero-order chi connectivity index (χ0) is 10.7. The van der Waals surface area contributed by atoms with Crippen molar-refractivity contribution in [2.45, 2.75) is 19.4 Å². The Bertz CT molecular complexity index is 349. The fraction of sp³-hybridized carbons (Fsp3) is 0.300. The number of aliphatic carboxylic acids is 1. The van der Waals surface area contributed by atoms with Crippen LogP contribution >= 0.6 is 15.9 Å². The zero-order valence-electron chi connectivity index (χ0n) is 7.70. The fourth-order valence-corrected chi connectivity index (χ4v) is 1.66. The Balaban J connectivity index is 2.82. The molecule has 4 heteroatoms. The van der Waals surface area contributed by atoms with Gasteiger partial charge >= 0.3 is 5.97 Å². The van der Waals surface area contributed by atoms with E-state index in [1.54, 1.807) is 0 Å². The van der Waals surface area contributed by atoms with Crippen LogP contribution in [0.3, 0.4) is 0 Å². The molecule has 0 aliphatic rings. The summed E-state index contributed by atoms with van der Waals surface area (Å²) in [6.45, 7) is 1.88. The summed E-state index contributed by atoms with van der Waals surface area (Å²) < 4.78 is 0.948. The van der Waals surface area contributed by atoms with Crippen LogP contribution in [0.4, 0.5) is 0 Å². The van der Waals surface area contributed by atoms with Crippen LogP contribution in [0.2, 0.25) is 0 Å². The van der Waals surface area contributed by atoms with Gasteiger partial charge in [0.1, 0.15) is 0 Å². The first-order valence-corrected chi connectivity index (χ1v) is 4.96. The maximum Gasteiger partial charge on any atom is 0.332 e. The molecule has 0 amide bonds. The minimum absolute atomic E-state index is 0.147. The quantitative estimate of drug-likeness (QED) is 0.869. The second-order valence-corrected chi connectivity index (χ2v) is 4.04. The van der Waals surface area contributed by atoms with Crippen molar-refractivity contribution in [1.82, 2.24) is 0 Å². The average Bonchev–Trinajstić information content (AvgIpc) is 2.09. The summed E-state index contributed by atoms with van der Waals surface area (Å²) in [7, 11) is 0. The lowest BCUT2D eigenvalue weighted by atomic mass is 10.0. The summed E-state index contributed by atoms with van der Waals surface area (Å²) in [5, 5.41) is 17.7. The van der Waals surface area contributed by atoms with E-state index in [1.807, 2.05) is 25.1 Å². The number of hydrogen-bond acceptors (Lipinski definition) is 2. The lowest BCUT2D eigenvalue weighted by molar-refractivity contribution is -0.146. The van der Waals surface area contributed by atoms with Crippen molar-refractivity contribution in [3.8, 4) is 0 Å². The summed E-state index contributed by atoms with van der Waals surface area (Å²) in [6.07, 6.45) is -1.18.